The molecular formula is C12H12BrN5O. The first-order valence-electron chi connectivity index (χ1n) is 5.54. The molecule has 2 rings (SSSR count). The predicted molar refractivity (Wildman–Crippen MR) is 76.2 cm³/mol. The number of pyridine rings is 1. The molecule has 0 aliphatic rings. The van der Waals surface area contributed by atoms with Gasteiger partial charge in [-0.25, -0.2) is 15.0 Å². The molecule has 0 unspecified atom stereocenters. The van der Waals surface area contributed by atoms with Gasteiger partial charge in [0.1, 0.15) is 17.3 Å². The van der Waals surface area contributed by atoms with E-state index < -0.39 is 0 Å². The number of carbonyl (C=O) groups excluding carboxylic acids is 1. The average molecular weight is 322 g/mol. The predicted octanol–water partition coefficient (Wildman–Crippen LogP) is 2.24. The van der Waals surface area contributed by atoms with Gasteiger partial charge in [-0.05, 0) is 35.0 Å². The Morgan fingerprint density at radius 3 is 2.58 bits per heavy atom. The molecule has 0 radical (unpaired) electrons. The van der Waals surface area contributed by atoms with Crippen LogP contribution >= 0.6 is 15.9 Å². The van der Waals surface area contributed by atoms with E-state index in [1.165, 1.54) is 12.4 Å². The molecule has 19 heavy (non-hydrogen) atoms. The smallest absolute Gasteiger partial charge is 0.277 e. The molecule has 0 aromatic carbocycles. The minimum Gasteiger partial charge on any atom is -0.372 e. The van der Waals surface area contributed by atoms with Gasteiger partial charge in [0.15, 0.2) is 0 Å². The van der Waals surface area contributed by atoms with Crippen molar-refractivity contribution in [2.24, 2.45) is 0 Å². The zero-order valence-electron chi connectivity index (χ0n) is 10.4. The van der Waals surface area contributed by atoms with Crippen LogP contribution in [-0.4, -0.2) is 27.9 Å². The van der Waals surface area contributed by atoms with E-state index in [4.69, 9.17) is 0 Å². The largest absolute Gasteiger partial charge is 0.372 e. The van der Waals surface area contributed by atoms with Crippen molar-refractivity contribution in [1.82, 2.24) is 15.0 Å². The number of hydrogen-bond donors (Lipinski definition) is 2. The van der Waals surface area contributed by atoms with Crippen LogP contribution in [0, 0.1) is 6.92 Å². The van der Waals surface area contributed by atoms with E-state index in [-0.39, 0.29) is 11.6 Å². The number of anilines is 2. The van der Waals surface area contributed by atoms with Crippen LogP contribution in [0.3, 0.4) is 0 Å². The van der Waals surface area contributed by atoms with Gasteiger partial charge >= 0.3 is 0 Å². The second kappa shape index (κ2) is 5.75. The number of rotatable bonds is 3. The Hall–Kier alpha value is -2.02. The summed E-state index contributed by atoms with van der Waals surface area (Å²) in [7, 11) is 1.73. The van der Waals surface area contributed by atoms with Gasteiger partial charge in [-0.2, -0.15) is 0 Å². The van der Waals surface area contributed by atoms with Gasteiger partial charge in [-0.15, -0.1) is 0 Å². The van der Waals surface area contributed by atoms with Gasteiger partial charge in [0.25, 0.3) is 5.91 Å². The van der Waals surface area contributed by atoms with Gasteiger partial charge in [0, 0.05) is 11.5 Å². The Labute approximate surface area is 118 Å². The van der Waals surface area contributed by atoms with Gasteiger partial charge in [-0.1, -0.05) is 0 Å². The van der Waals surface area contributed by atoms with Crippen molar-refractivity contribution in [2.45, 2.75) is 6.92 Å². The van der Waals surface area contributed by atoms with E-state index in [1.54, 1.807) is 13.1 Å². The summed E-state index contributed by atoms with van der Waals surface area (Å²) in [5.41, 5.74) is 1.04. The van der Waals surface area contributed by atoms with E-state index >= 15 is 0 Å². The number of nitrogens with one attached hydrogen (secondary N) is 2. The number of halogens is 1. The van der Waals surface area contributed by atoms with E-state index in [0.717, 1.165) is 10.2 Å². The average Bonchev–Trinajstić information content (AvgIpc) is 2.43. The number of hydrogen-bond acceptors (Lipinski definition) is 5. The third-order valence-corrected chi connectivity index (χ3v) is 3.24. The maximum Gasteiger partial charge on any atom is 0.277 e. The lowest BCUT2D eigenvalue weighted by Crippen LogP contribution is -2.15. The third-order valence-electron chi connectivity index (χ3n) is 2.40. The molecule has 0 saturated heterocycles. The summed E-state index contributed by atoms with van der Waals surface area (Å²) >= 11 is 3.35. The number of amides is 1. The maximum atomic E-state index is 11.9. The number of aromatic nitrogens is 3. The van der Waals surface area contributed by atoms with Crippen molar-refractivity contribution in [3.05, 3.63) is 40.4 Å². The van der Waals surface area contributed by atoms with Crippen LogP contribution in [0.25, 0.3) is 0 Å². The molecule has 2 aromatic heterocycles. The van der Waals surface area contributed by atoms with Gasteiger partial charge in [0.05, 0.1) is 18.1 Å². The standard InChI is InChI=1S/C12H12BrN5O/c1-7-8(13)3-4-10(17-7)18-12(19)9-5-16-11(14-2)6-15-9/h3-6H,1-2H3,(H,14,16)(H,17,18,19). The van der Waals surface area contributed by atoms with Crippen molar-refractivity contribution in [1.29, 1.82) is 0 Å². The normalized spacial score (nSPS) is 10.1. The molecule has 7 heteroatoms. The van der Waals surface area contributed by atoms with Crippen LogP contribution < -0.4 is 10.6 Å². The molecule has 6 nitrogen and oxygen atoms in total. The van der Waals surface area contributed by atoms with E-state index in [9.17, 15) is 4.79 Å². The van der Waals surface area contributed by atoms with Gasteiger partial charge < -0.3 is 10.6 Å². The van der Waals surface area contributed by atoms with E-state index in [0.29, 0.717) is 11.6 Å². The first-order chi connectivity index (χ1) is 9.10. The highest BCUT2D eigenvalue weighted by atomic mass is 79.9. The van der Waals surface area contributed by atoms with Crippen LogP contribution in [0.2, 0.25) is 0 Å². The van der Waals surface area contributed by atoms with Crippen molar-refractivity contribution >= 4 is 33.5 Å². The summed E-state index contributed by atoms with van der Waals surface area (Å²) in [5.74, 6) is 0.740. The molecule has 2 N–H and O–H groups in total. The highest BCUT2D eigenvalue weighted by Gasteiger charge is 2.09. The molecule has 0 atom stereocenters. The zero-order valence-corrected chi connectivity index (χ0v) is 12.0. The van der Waals surface area contributed by atoms with Crippen LogP contribution in [0.4, 0.5) is 11.6 Å². The molecule has 2 heterocycles. The van der Waals surface area contributed by atoms with Crippen molar-refractivity contribution in [3.63, 3.8) is 0 Å². The van der Waals surface area contributed by atoms with Crippen molar-refractivity contribution < 1.29 is 4.79 Å². The van der Waals surface area contributed by atoms with Crippen molar-refractivity contribution in [3.8, 4) is 0 Å². The fraction of sp³-hybridized carbons (Fsp3) is 0.167. The first kappa shape index (κ1) is 13.4. The van der Waals surface area contributed by atoms with Crippen LogP contribution in [-0.2, 0) is 0 Å². The molecule has 98 valence electrons. The SMILES string of the molecule is CNc1cnc(C(=O)Nc2ccc(Br)c(C)n2)cn1. The molecule has 0 fully saturated rings. The van der Waals surface area contributed by atoms with Crippen LogP contribution in [0.5, 0.6) is 0 Å². The lowest BCUT2D eigenvalue weighted by atomic mass is 10.3. The lowest BCUT2D eigenvalue weighted by Gasteiger charge is -2.06. The van der Waals surface area contributed by atoms with Gasteiger partial charge in [-0.3, -0.25) is 4.79 Å². The maximum absolute atomic E-state index is 11.9. The molecule has 1 amide bonds. The molecule has 0 aliphatic carbocycles. The minimum absolute atomic E-state index is 0.237. The second-order valence-electron chi connectivity index (χ2n) is 3.75. The lowest BCUT2D eigenvalue weighted by molar-refractivity contribution is 0.102. The summed E-state index contributed by atoms with van der Waals surface area (Å²) in [6.07, 6.45) is 2.90. The molecule has 0 aliphatic heterocycles. The third kappa shape index (κ3) is 3.25. The summed E-state index contributed by atoms with van der Waals surface area (Å²) in [5, 5.41) is 5.50. The summed E-state index contributed by atoms with van der Waals surface area (Å²) in [6.45, 7) is 1.85. The Kier molecular flexibility index (Phi) is 4.06. The van der Waals surface area contributed by atoms with Crippen LogP contribution in [0.15, 0.2) is 29.0 Å². The van der Waals surface area contributed by atoms with Gasteiger partial charge in [0.2, 0.25) is 0 Å². The second-order valence-corrected chi connectivity index (χ2v) is 4.61. The molecule has 0 spiro atoms. The summed E-state index contributed by atoms with van der Waals surface area (Å²) in [4.78, 5) is 24.2. The highest BCUT2D eigenvalue weighted by molar-refractivity contribution is 9.10. The van der Waals surface area contributed by atoms with Crippen molar-refractivity contribution in [2.75, 3.05) is 17.7 Å². The topological polar surface area (TPSA) is 79.8 Å². The quantitative estimate of drug-likeness (QED) is 0.906. The zero-order chi connectivity index (χ0) is 13.8. The van der Waals surface area contributed by atoms with E-state index in [2.05, 4.69) is 41.5 Å². The van der Waals surface area contributed by atoms with Crippen LogP contribution in [0.1, 0.15) is 16.2 Å². The monoisotopic (exact) mass is 321 g/mol. The molecule has 0 saturated carbocycles. The van der Waals surface area contributed by atoms with E-state index in [1.807, 2.05) is 13.0 Å². The Morgan fingerprint density at radius 1 is 1.21 bits per heavy atom. The fourth-order valence-corrected chi connectivity index (χ4v) is 1.59. The first-order valence-corrected chi connectivity index (χ1v) is 6.33. The molecule has 2 aromatic rings. The summed E-state index contributed by atoms with van der Waals surface area (Å²) < 4.78 is 0.892. The number of nitrogens with zero attached hydrogens (tertiary/aromatic N) is 3. The number of aryl methyl sites for hydroxylation is 1. The number of carbonyl (C=O) groups is 1. The Bertz CT molecular complexity index is 600. The Balaban J connectivity index is 2.13. The molecule has 0 bridgehead atoms. The minimum atomic E-state index is -0.343. The Morgan fingerprint density at radius 2 is 2.00 bits per heavy atom. The fourth-order valence-electron chi connectivity index (χ4n) is 1.37. The molecular weight excluding hydrogens is 310 g/mol. The summed E-state index contributed by atoms with van der Waals surface area (Å²) in [6, 6.07) is 3.54. The highest BCUT2D eigenvalue weighted by Crippen LogP contribution is 2.16.